The summed E-state index contributed by atoms with van der Waals surface area (Å²) in [7, 11) is 0. The van der Waals surface area contributed by atoms with Crippen LogP contribution in [0.15, 0.2) is 11.1 Å². The summed E-state index contributed by atoms with van der Waals surface area (Å²) in [6.45, 7) is 12.9. The molecule has 25 heavy (non-hydrogen) atoms. The van der Waals surface area contributed by atoms with Crippen LogP contribution in [0.2, 0.25) is 0 Å². The van der Waals surface area contributed by atoms with E-state index in [0.29, 0.717) is 13.2 Å². The number of esters is 2. The van der Waals surface area contributed by atoms with Gasteiger partial charge in [0, 0.05) is 0 Å². The van der Waals surface area contributed by atoms with Gasteiger partial charge in [0.1, 0.15) is 0 Å². The van der Waals surface area contributed by atoms with Crippen molar-refractivity contribution in [1.29, 1.82) is 0 Å². The minimum atomic E-state index is -0.931. The molecule has 0 bridgehead atoms. The molecule has 0 N–H and O–H groups in total. The number of rotatable bonds is 9. The minimum Gasteiger partial charge on any atom is -0.465 e. The smallest absolute Gasteiger partial charge is 0.316 e. The minimum absolute atomic E-state index is 0.113. The molecule has 1 rings (SSSR count). The largest absolute Gasteiger partial charge is 0.465 e. The van der Waals surface area contributed by atoms with E-state index >= 15 is 0 Å². The summed E-state index contributed by atoms with van der Waals surface area (Å²) in [5, 5.41) is 0. The number of allylic oxidation sites excluding steroid dienone is 1. The Morgan fingerprint density at radius 3 is 2.12 bits per heavy atom. The quantitative estimate of drug-likeness (QED) is 0.330. The highest BCUT2D eigenvalue weighted by molar-refractivity contribution is 5.88. The first kappa shape index (κ1) is 21.7. The molecule has 0 fully saturated rings. The molecule has 0 aromatic rings. The molecule has 0 amide bonds. The molecule has 0 spiro atoms. The summed E-state index contributed by atoms with van der Waals surface area (Å²) in [5.41, 5.74) is 1.23. The van der Waals surface area contributed by atoms with Crippen molar-refractivity contribution in [2.45, 2.75) is 80.1 Å². The maximum atomic E-state index is 13.0. The first-order valence-electron chi connectivity index (χ1n) is 9.85. The molecule has 4 nitrogen and oxygen atoms in total. The van der Waals surface area contributed by atoms with Gasteiger partial charge in [-0.05, 0) is 46.0 Å². The van der Waals surface area contributed by atoms with Crippen molar-refractivity contribution in [3.05, 3.63) is 11.1 Å². The van der Waals surface area contributed by atoms with Crippen LogP contribution in [0.3, 0.4) is 0 Å². The summed E-state index contributed by atoms with van der Waals surface area (Å²) in [5.74, 6) is -0.885. The van der Waals surface area contributed by atoms with Crippen molar-refractivity contribution in [3.63, 3.8) is 0 Å². The van der Waals surface area contributed by atoms with Crippen LogP contribution >= 0.6 is 0 Å². The first-order valence-corrected chi connectivity index (χ1v) is 9.85. The van der Waals surface area contributed by atoms with Gasteiger partial charge in [0.2, 0.25) is 0 Å². The van der Waals surface area contributed by atoms with Gasteiger partial charge in [-0.25, -0.2) is 0 Å². The molecule has 3 unspecified atom stereocenters. The lowest BCUT2D eigenvalue weighted by atomic mass is 9.59. The Hall–Kier alpha value is -1.32. The molecule has 1 aliphatic carbocycles. The van der Waals surface area contributed by atoms with Gasteiger partial charge >= 0.3 is 11.9 Å². The second-order valence-corrected chi connectivity index (χ2v) is 7.47. The van der Waals surface area contributed by atoms with Crippen LogP contribution in [-0.4, -0.2) is 25.2 Å². The summed E-state index contributed by atoms with van der Waals surface area (Å²) in [6, 6.07) is 0. The molecule has 3 atom stereocenters. The van der Waals surface area contributed by atoms with Gasteiger partial charge in [0.25, 0.3) is 0 Å². The lowest BCUT2D eigenvalue weighted by Crippen LogP contribution is -2.49. The van der Waals surface area contributed by atoms with Crippen LogP contribution in [0.5, 0.6) is 0 Å². The van der Waals surface area contributed by atoms with Crippen LogP contribution < -0.4 is 0 Å². The number of hydrogen-bond acceptors (Lipinski definition) is 4. The molecule has 0 aromatic heterocycles. The van der Waals surface area contributed by atoms with Gasteiger partial charge in [-0.2, -0.15) is 0 Å². The molecule has 144 valence electrons. The van der Waals surface area contributed by atoms with Gasteiger partial charge in [0.05, 0.1) is 24.5 Å². The summed E-state index contributed by atoms with van der Waals surface area (Å²) in [4.78, 5) is 25.9. The van der Waals surface area contributed by atoms with E-state index in [0.717, 1.165) is 44.1 Å². The molecule has 0 saturated heterocycles. The SMILES string of the molecule is CCCCOC(=O)C1C(CC)CC(C)=C(C)C1(C)C(=O)OCCCC. The Morgan fingerprint density at radius 2 is 1.60 bits per heavy atom. The monoisotopic (exact) mass is 352 g/mol. The average molecular weight is 353 g/mol. The second kappa shape index (κ2) is 9.98. The van der Waals surface area contributed by atoms with E-state index in [-0.39, 0.29) is 17.9 Å². The van der Waals surface area contributed by atoms with Crippen molar-refractivity contribution in [1.82, 2.24) is 0 Å². The zero-order chi connectivity index (χ0) is 19.0. The fourth-order valence-electron chi connectivity index (χ4n) is 3.77. The normalized spacial score (nSPS) is 26.5. The highest BCUT2D eigenvalue weighted by Gasteiger charge is 2.54. The van der Waals surface area contributed by atoms with Crippen LogP contribution in [0.1, 0.15) is 80.1 Å². The fourth-order valence-corrected chi connectivity index (χ4v) is 3.77. The van der Waals surface area contributed by atoms with Crippen LogP contribution in [0, 0.1) is 17.3 Å². The van der Waals surface area contributed by atoms with E-state index in [1.54, 1.807) is 0 Å². The fraction of sp³-hybridized carbons (Fsp3) is 0.810. The molecular weight excluding hydrogens is 316 g/mol. The van der Waals surface area contributed by atoms with Crippen molar-refractivity contribution in [2.75, 3.05) is 13.2 Å². The van der Waals surface area contributed by atoms with Gasteiger partial charge in [-0.3, -0.25) is 9.59 Å². The maximum Gasteiger partial charge on any atom is 0.316 e. The van der Waals surface area contributed by atoms with E-state index in [9.17, 15) is 9.59 Å². The Morgan fingerprint density at radius 1 is 1.04 bits per heavy atom. The Bertz CT molecular complexity index is 494. The first-order chi connectivity index (χ1) is 11.8. The Balaban J connectivity index is 3.15. The highest BCUT2D eigenvalue weighted by Crippen LogP contribution is 2.50. The van der Waals surface area contributed by atoms with Crippen molar-refractivity contribution >= 4 is 11.9 Å². The molecule has 0 aliphatic heterocycles. The van der Waals surface area contributed by atoms with Crippen LogP contribution in [-0.2, 0) is 19.1 Å². The Kier molecular flexibility index (Phi) is 8.67. The highest BCUT2D eigenvalue weighted by atomic mass is 16.5. The van der Waals surface area contributed by atoms with Crippen molar-refractivity contribution in [2.24, 2.45) is 17.3 Å². The van der Waals surface area contributed by atoms with Gasteiger partial charge in [-0.15, -0.1) is 0 Å². The number of carbonyl (C=O) groups excluding carboxylic acids is 2. The third-order valence-corrected chi connectivity index (χ3v) is 5.76. The summed E-state index contributed by atoms with van der Waals surface area (Å²) >= 11 is 0. The standard InChI is InChI=1S/C21H36O4/c1-7-10-12-24-19(22)18-17(9-3)14-15(4)16(5)21(18,6)20(23)25-13-11-8-2/h17-18H,7-14H2,1-6H3. The zero-order valence-corrected chi connectivity index (χ0v) is 16.9. The summed E-state index contributed by atoms with van der Waals surface area (Å²) in [6.07, 6.45) is 5.32. The topological polar surface area (TPSA) is 52.6 Å². The van der Waals surface area contributed by atoms with Gasteiger partial charge < -0.3 is 9.47 Å². The lowest BCUT2D eigenvalue weighted by Gasteiger charge is -2.44. The zero-order valence-electron chi connectivity index (χ0n) is 16.9. The molecule has 1 aliphatic rings. The van der Waals surface area contributed by atoms with E-state index in [2.05, 4.69) is 27.7 Å². The molecule has 4 heteroatoms. The van der Waals surface area contributed by atoms with E-state index < -0.39 is 11.3 Å². The van der Waals surface area contributed by atoms with Gasteiger partial charge in [-0.1, -0.05) is 51.2 Å². The summed E-state index contributed by atoms with van der Waals surface area (Å²) < 4.78 is 11.1. The number of ether oxygens (including phenoxy) is 2. The van der Waals surface area contributed by atoms with Crippen molar-refractivity contribution < 1.29 is 19.1 Å². The number of unbranched alkanes of at least 4 members (excludes halogenated alkanes) is 2. The van der Waals surface area contributed by atoms with Crippen LogP contribution in [0.4, 0.5) is 0 Å². The predicted molar refractivity (Wildman–Crippen MR) is 100 cm³/mol. The van der Waals surface area contributed by atoms with E-state index in [4.69, 9.17) is 9.47 Å². The second-order valence-electron chi connectivity index (χ2n) is 7.47. The molecule has 0 radical (unpaired) electrons. The van der Waals surface area contributed by atoms with E-state index in [1.807, 2.05) is 13.8 Å². The predicted octanol–water partition coefficient (Wildman–Crippen LogP) is 5.06. The molecule has 0 saturated carbocycles. The molecular formula is C21H36O4. The number of hydrogen-bond donors (Lipinski definition) is 0. The lowest BCUT2D eigenvalue weighted by molar-refractivity contribution is -0.170. The third kappa shape index (κ3) is 4.86. The molecule has 0 heterocycles. The van der Waals surface area contributed by atoms with E-state index in [1.165, 1.54) is 5.57 Å². The average Bonchev–Trinajstić information content (AvgIpc) is 2.59. The molecule has 0 aromatic carbocycles. The van der Waals surface area contributed by atoms with Crippen molar-refractivity contribution in [3.8, 4) is 0 Å². The Labute approximate surface area is 153 Å². The maximum absolute atomic E-state index is 13.0. The van der Waals surface area contributed by atoms with Crippen LogP contribution in [0.25, 0.3) is 0 Å². The number of carbonyl (C=O) groups is 2. The third-order valence-electron chi connectivity index (χ3n) is 5.76. The van der Waals surface area contributed by atoms with Gasteiger partial charge in [0.15, 0.2) is 0 Å².